The third-order valence-electron chi connectivity index (χ3n) is 2.67. The molecule has 2 nitrogen and oxygen atoms in total. The molecule has 11 heavy (non-hydrogen) atoms. The van der Waals surface area contributed by atoms with Gasteiger partial charge in [0.1, 0.15) is 0 Å². The van der Waals surface area contributed by atoms with Crippen LogP contribution in [0, 0.1) is 0 Å². The molecule has 2 heteroatoms. The first-order valence-corrected chi connectivity index (χ1v) is 4.55. The molecule has 0 radical (unpaired) electrons. The summed E-state index contributed by atoms with van der Waals surface area (Å²) in [6.07, 6.45) is 1.30. The first-order valence-electron chi connectivity index (χ1n) is 4.55. The highest BCUT2D eigenvalue weighted by Crippen LogP contribution is 2.24. The van der Waals surface area contributed by atoms with Crippen LogP contribution in [0.5, 0.6) is 0 Å². The minimum atomic E-state index is 0.639. The van der Waals surface area contributed by atoms with Gasteiger partial charge in [0.2, 0.25) is 0 Å². The average molecular weight is 156 g/mol. The van der Waals surface area contributed by atoms with Gasteiger partial charge in [-0.3, -0.25) is 0 Å². The van der Waals surface area contributed by atoms with E-state index in [-0.39, 0.29) is 0 Å². The summed E-state index contributed by atoms with van der Waals surface area (Å²) in [6.45, 7) is 9.11. The van der Waals surface area contributed by atoms with Crippen molar-refractivity contribution in [3.05, 3.63) is 0 Å². The molecule has 0 amide bonds. The van der Waals surface area contributed by atoms with E-state index in [0.717, 1.165) is 6.04 Å². The molecule has 0 bridgehead atoms. The first-order chi connectivity index (χ1) is 5.04. The van der Waals surface area contributed by atoms with Crippen molar-refractivity contribution >= 4 is 0 Å². The molecular weight excluding hydrogens is 136 g/mol. The van der Waals surface area contributed by atoms with Gasteiger partial charge in [0, 0.05) is 25.2 Å². The van der Waals surface area contributed by atoms with Crippen molar-refractivity contribution < 1.29 is 0 Å². The van der Waals surface area contributed by atoms with Gasteiger partial charge in [-0.1, -0.05) is 0 Å². The Balaban J connectivity index is 2.63. The second-order valence-electron chi connectivity index (χ2n) is 3.98. The van der Waals surface area contributed by atoms with Gasteiger partial charge in [-0.05, 0) is 34.1 Å². The molecule has 0 aromatic carbocycles. The number of hydrazine groups is 1. The zero-order chi connectivity index (χ0) is 8.59. The molecule has 2 unspecified atom stereocenters. The molecule has 2 atom stereocenters. The molecule has 0 saturated carbocycles. The Hall–Kier alpha value is -0.0800. The van der Waals surface area contributed by atoms with Crippen molar-refractivity contribution in [2.24, 2.45) is 0 Å². The summed E-state index contributed by atoms with van der Waals surface area (Å²) in [6, 6.07) is 2.07. The third-order valence-corrected chi connectivity index (χ3v) is 2.67. The largest absolute Gasteiger partial charge is 0.242 e. The van der Waals surface area contributed by atoms with E-state index in [1.165, 1.54) is 6.42 Å². The highest BCUT2D eigenvalue weighted by Gasteiger charge is 2.32. The lowest BCUT2D eigenvalue weighted by molar-refractivity contribution is -0.0219. The van der Waals surface area contributed by atoms with Crippen LogP contribution >= 0.6 is 0 Å². The second kappa shape index (κ2) is 3.11. The molecule has 1 saturated heterocycles. The van der Waals surface area contributed by atoms with E-state index in [1.54, 1.807) is 0 Å². The Labute approximate surface area is 70.1 Å². The Morgan fingerprint density at radius 1 is 1.18 bits per heavy atom. The normalized spacial score (nSPS) is 35.5. The Bertz CT molecular complexity index is 134. The molecule has 1 aliphatic rings. The summed E-state index contributed by atoms with van der Waals surface area (Å²) in [5.41, 5.74) is 0. The van der Waals surface area contributed by atoms with E-state index in [2.05, 4.69) is 44.8 Å². The van der Waals surface area contributed by atoms with Gasteiger partial charge in [0.25, 0.3) is 0 Å². The third kappa shape index (κ3) is 1.57. The lowest BCUT2D eigenvalue weighted by atomic mass is 10.1. The van der Waals surface area contributed by atoms with Gasteiger partial charge in [0.05, 0.1) is 0 Å². The fourth-order valence-corrected chi connectivity index (χ4v) is 2.17. The molecule has 1 rings (SSSR count). The van der Waals surface area contributed by atoms with Gasteiger partial charge >= 0.3 is 0 Å². The maximum atomic E-state index is 2.46. The smallest absolute Gasteiger partial charge is 0.0235 e. The van der Waals surface area contributed by atoms with Crippen molar-refractivity contribution in [3.63, 3.8) is 0 Å². The van der Waals surface area contributed by atoms with Crippen LogP contribution in [-0.4, -0.2) is 35.2 Å². The molecule has 66 valence electrons. The van der Waals surface area contributed by atoms with Crippen LogP contribution in [0.2, 0.25) is 0 Å². The van der Waals surface area contributed by atoms with Crippen LogP contribution in [0.15, 0.2) is 0 Å². The van der Waals surface area contributed by atoms with Crippen molar-refractivity contribution in [1.29, 1.82) is 0 Å². The fourth-order valence-electron chi connectivity index (χ4n) is 2.17. The molecule has 0 spiro atoms. The van der Waals surface area contributed by atoms with Crippen molar-refractivity contribution in [2.45, 2.75) is 52.2 Å². The van der Waals surface area contributed by atoms with E-state index in [4.69, 9.17) is 0 Å². The molecular formula is C9H20N2. The average Bonchev–Trinajstić information content (AvgIpc) is 2.07. The molecule has 1 fully saturated rings. The molecule has 0 aromatic heterocycles. The Morgan fingerprint density at radius 3 is 1.91 bits per heavy atom. The molecule has 0 aliphatic carbocycles. The number of nitrogens with zero attached hydrogens (tertiary/aromatic N) is 2. The summed E-state index contributed by atoms with van der Waals surface area (Å²) < 4.78 is 0. The standard InChI is InChI=1S/C9H20N2/c1-7(2)11-9(4)6-8(3)10(11)5/h7-9H,6H2,1-5H3. The summed E-state index contributed by atoms with van der Waals surface area (Å²) in [7, 11) is 2.19. The SMILES string of the molecule is CC1CC(C)N(C(C)C)N1C. The van der Waals surface area contributed by atoms with Crippen LogP contribution in [0.4, 0.5) is 0 Å². The highest BCUT2D eigenvalue weighted by molar-refractivity contribution is 4.81. The van der Waals surface area contributed by atoms with Gasteiger partial charge in [0.15, 0.2) is 0 Å². The van der Waals surface area contributed by atoms with E-state index < -0.39 is 0 Å². The summed E-state index contributed by atoms with van der Waals surface area (Å²) in [4.78, 5) is 0. The highest BCUT2D eigenvalue weighted by atomic mass is 15.7. The summed E-state index contributed by atoms with van der Waals surface area (Å²) >= 11 is 0. The Morgan fingerprint density at radius 2 is 1.73 bits per heavy atom. The zero-order valence-corrected chi connectivity index (χ0v) is 8.33. The van der Waals surface area contributed by atoms with Crippen LogP contribution in [-0.2, 0) is 0 Å². The quantitative estimate of drug-likeness (QED) is 0.570. The van der Waals surface area contributed by atoms with Gasteiger partial charge in [-0.2, -0.15) is 0 Å². The van der Waals surface area contributed by atoms with Gasteiger partial charge < -0.3 is 0 Å². The van der Waals surface area contributed by atoms with Gasteiger partial charge in [-0.15, -0.1) is 0 Å². The minimum Gasteiger partial charge on any atom is -0.242 e. The monoisotopic (exact) mass is 156 g/mol. The summed E-state index contributed by atoms with van der Waals surface area (Å²) in [5, 5.41) is 4.83. The van der Waals surface area contributed by atoms with Gasteiger partial charge in [-0.25, -0.2) is 10.0 Å². The van der Waals surface area contributed by atoms with E-state index in [1.807, 2.05) is 0 Å². The van der Waals surface area contributed by atoms with Crippen molar-refractivity contribution in [3.8, 4) is 0 Å². The predicted octanol–water partition coefficient (Wildman–Crippen LogP) is 1.72. The maximum absolute atomic E-state index is 2.46. The number of hydrogen-bond donors (Lipinski definition) is 0. The maximum Gasteiger partial charge on any atom is 0.0235 e. The lowest BCUT2D eigenvalue weighted by Crippen LogP contribution is -2.44. The topological polar surface area (TPSA) is 6.48 Å². The zero-order valence-electron chi connectivity index (χ0n) is 8.33. The van der Waals surface area contributed by atoms with Crippen LogP contribution in [0.1, 0.15) is 34.1 Å². The van der Waals surface area contributed by atoms with Crippen molar-refractivity contribution in [1.82, 2.24) is 10.0 Å². The van der Waals surface area contributed by atoms with Crippen LogP contribution < -0.4 is 0 Å². The Kier molecular flexibility index (Phi) is 2.55. The number of rotatable bonds is 1. The number of hydrogen-bond acceptors (Lipinski definition) is 2. The molecule has 1 aliphatic heterocycles. The van der Waals surface area contributed by atoms with Crippen LogP contribution in [0.25, 0.3) is 0 Å². The van der Waals surface area contributed by atoms with E-state index in [9.17, 15) is 0 Å². The second-order valence-corrected chi connectivity index (χ2v) is 3.98. The van der Waals surface area contributed by atoms with E-state index >= 15 is 0 Å². The first kappa shape index (κ1) is 9.01. The molecule has 1 heterocycles. The fraction of sp³-hybridized carbons (Fsp3) is 1.00. The molecule has 0 aromatic rings. The predicted molar refractivity (Wildman–Crippen MR) is 48.3 cm³/mol. The van der Waals surface area contributed by atoms with E-state index in [0.29, 0.717) is 12.1 Å². The van der Waals surface area contributed by atoms with Crippen molar-refractivity contribution in [2.75, 3.05) is 7.05 Å². The minimum absolute atomic E-state index is 0.639. The molecule has 0 N–H and O–H groups in total. The lowest BCUT2D eigenvalue weighted by Gasteiger charge is -2.33. The summed E-state index contributed by atoms with van der Waals surface area (Å²) in [5.74, 6) is 0. The van der Waals surface area contributed by atoms with Crippen LogP contribution in [0.3, 0.4) is 0 Å².